The van der Waals surface area contributed by atoms with Crippen LogP contribution in [0.1, 0.15) is 5.56 Å². The van der Waals surface area contributed by atoms with Gasteiger partial charge in [0.1, 0.15) is 17.2 Å². The molecule has 0 unspecified atom stereocenters. The molecule has 26 heavy (non-hydrogen) atoms. The minimum Gasteiger partial charge on any atom is -0.497 e. The third kappa shape index (κ3) is 4.98. The van der Waals surface area contributed by atoms with E-state index in [4.69, 9.17) is 9.47 Å². The Morgan fingerprint density at radius 2 is 1.58 bits per heavy atom. The number of nitrogens with one attached hydrogen (secondary N) is 1. The van der Waals surface area contributed by atoms with E-state index >= 15 is 0 Å². The number of methoxy groups -OCH3 is 1. The predicted octanol–water partition coefficient (Wildman–Crippen LogP) is 5.14. The summed E-state index contributed by atoms with van der Waals surface area (Å²) in [5.41, 5.74) is 1.59. The summed E-state index contributed by atoms with van der Waals surface area (Å²) in [5.74, 6) is 2.03. The molecule has 130 valence electrons. The zero-order chi connectivity index (χ0) is 18.2. The lowest BCUT2D eigenvalue weighted by Crippen LogP contribution is -2.07. The van der Waals surface area contributed by atoms with Crippen LogP contribution < -0.4 is 14.8 Å². The first-order chi connectivity index (χ1) is 12.7. The van der Waals surface area contributed by atoms with Gasteiger partial charge in [-0.25, -0.2) is 0 Å². The quantitative estimate of drug-likeness (QED) is 0.629. The van der Waals surface area contributed by atoms with Crippen LogP contribution in [0, 0.1) is 0 Å². The van der Waals surface area contributed by atoms with Crippen LogP contribution in [0.25, 0.3) is 6.08 Å². The first-order valence-corrected chi connectivity index (χ1v) is 8.19. The Morgan fingerprint density at radius 3 is 2.31 bits per heavy atom. The molecular formula is C22H19NO3. The summed E-state index contributed by atoms with van der Waals surface area (Å²) in [6.45, 7) is 0. The fraction of sp³-hybridized carbons (Fsp3) is 0.0455. The highest BCUT2D eigenvalue weighted by Gasteiger charge is 2.00. The van der Waals surface area contributed by atoms with E-state index in [9.17, 15) is 4.79 Å². The molecule has 0 aliphatic carbocycles. The summed E-state index contributed by atoms with van der Waals surface area (Å²) in [4.78, 5) is 12.1. The van der Waals surface area contributed by atoms with Crippen molar-refractivity contribution in [2.24, 2.45) is 0 Å². The zero-order valence-electron chi connectivity index (χ0n) is 14.4. The maximum Gasteiger partial charge on any atom is 0.248 e. The number of benzene rings is 3. The second-order valence-corrected chi connectivity index (χ2v) is 5.54. The van der Waals surface area contributed by atoms with E-state index in [1.807, 2.05) is 54.6 Å². The number of hydrogen-bond acceptors (Lipinski definition) is 3. The molecule has 0 aromatic heterocycles. The molecular weight excluding hydrogens is 326 g/mol. The van der Waals surface area contributed by atoms with E-state index in [0.29, 0.717) is 11.4 Å². The number of rotatable bonds is 6. The van der Waals surface area contributed by atoms with Crippen molar-refractivity contribution < 1.29 is 14.3 Å². The van der Waals surface area contributed by atoms with E-state index in [1.54, 1.807) is 37.5 Å². The molecule has 0 bridgehead atoms. The van der Waals surface area contributed by atoms with Crippen LogP contribution in [-0.2, 0) is 4.79 Å². The average molecular weight is 345 g/mol. The van der Waals surface area contributed by atoms with E-state index in [2.05, 4.69) is 5.32 Å². The Kier molecular flexibility index (Phi) is 5.68. The summed E-state index contributed by atoms with van der Waals surface area (Å²) in [6.07, 6.45) is 3.24. The van der Waals surface area contributed by atoms with Gasteiger partial charge < -0.3 is 14.8 Å². The molecule has 0 fully saturated rings. The van der Waals surface area contributed by atoms with Gasteiger partial charge >= 0.3 is 0 Å². The van der Waals surface area contributed by atoms with Crippen molar-refractivity contribution in [1.29, 1.82) is 0 Å². The number of hydrogen-bond donors (Lipinski definition) is 1. The summed E-state index contributed by atoms with van der Waals surface area (Å²) in [6, 6.07) is 24.3. The molecule has 0 heterocycles. The first-order valence-electron chi connectivity index (χ1n) is 8.19. The second-order valence-electron chi connectivity index (χ2n) is 5.54. The van der Waals surface area contributed by atoms with Gasteiger partial charge in [0, 0.05) is 11.8 Å². The van der Waals surface area contributed by atoms with Gasteiger partial charge in [0.05, 0.1) is 7.11 Å². The van der Waals surface area contributed by atoms with Gasteiger partial charge in [-0.15, -0.1) is 0 Å². The van der Waals surface area contributed by atoms with Gasteiger partial charge in [0.15, 0.2) is 0 Å². The van der Waals surface area contributed by atoms with E-state index < -0.39 is 0 Å². The van der Waals surface area contributed by atoms with Crippen LogP contribution in [0.3, 0.4) is 0 Å². The van der Waals surface area contributed by atoms with Crippen molar-refractivity contribution in [2.45, 2.75) is 0 Å². The van der Waals surface area contributed by atoms with E-state index in [0.717, 1.165) is 17.1 Å². The number of carbonyl (C=O) groups excluding carboxylic acids is 1. The van der Waals surface area contributed by atoms with Crippen LogP contribution in [0.4, 0.5) is 5.69 Å². The lowest BCUT2D eigenvalue weighted by atomic mass is 10.2. The smallest absolute Gasteiger partial charge is 0.248 e. The molecule has 1 amide bonds. The Morgan fingerprint density at radius 1 is 0.846 bits per heavy atom. The Bertz CT molecular complexity index is 887. The number of anilines is 1. The van der Waals surface area contributed by atoms with E-state index in [1.165, 1.54) is 6.08 Å². The minimum atomic E-state index is -0.204. The Labute approximate surface area is 152 Å². The van der Waals surface area contributed by atoms with Crippen LogP contribution in [-0.4, -0.2) is 13.0 Å². The summed E-state index contributed by atoms with van der Waals surface area (Å²) >= 11 is 0. The topological polar surface area (TPSA) is 47.6 Å². The van der Waals surface area contributed by atoms with Crippen LogP contribution in [0.2, 0.25) is 0 Å². The van der Waals surface area contributed by atoms with Crippen molar-refractivity contribution in [3.05, 3.63) is 90.5 Å². The fourth-order valence-corrected chi connectivity index (χ4v) is 2.34. The largest absolute Gasteiger partial charge is 0.497 e. The second kappa shape index (κ2) is 8.53. The molecule has 0 saturated heterocycles. The molecule has 3 aromatic carbocycles. The van der Waals surface area contributed by atoms with Gasteiger partial charge in [-0.2, -0.15) is 0 Å². The number of amides is 1. The third-order valence-corrected chi connectivity index (χ3v) is 3.62. The summed E-state index contributed by atoms with van der Waals surface area (Å²) < 4.78 is 10.9. The normalized spacial score (nSPS) is 10.5. The van der Waals surface area contributed by atoms with Crippen molar-refractivity contribution in [3.63, 3.8) is 0 Å². The number of carbonyl (C=O) groups is 1. The Hall–Kier alpha value is -3.53. The maximum absolute atomic E-state index is 12.1. The van der Waals surface area contributed by atoms with Crippen molar-refractivity contribution in [3.8, 4) is 17.2 Å². The number of para-hydroxylation sites is 1. The van der Waals surface area contributed by atoms with Gasteiger partial charge in [-0.05, 0) is 60.2 Å². The molecule has 3 aromatic rings. The highest BCUT2D eigenvalue weighted by molar-refractivity contribution is 6.01. The van der Waals surface area contributed by atoms with Crippen LogP contribution >= 0.6 is 0 Å². The zero-order valence-corrected chi connectivity index (χ0v) is 14.4. The van der Waals surface area contributed by atoms with Crippen molar-refractivity contribution in [2.75, 3.05) is 12.4 Å². The minimum absolute atomic E-state index is 0.204. The lowest BCUT2D eigenvalue weighted by molar-refractivity contribution is -0.111. The standard InChI is InChI=1S/C22H19NO3/c1-25-19-13-11-18(12-14-19)23-22(24)15-10-17-6-5-9-21(16-17)26-20-7-3-2-4-8-20/h2-16H,1H3,(H,23,24)/b15-10-. The monoisotopic (exact) mass is 345 g/mol. The highest BCUT2D eigenvalue weighted by Crippen LogP contribution is 2.22. The van der Waals surface area contributed by atoms with Gasteiger partial charge in [0.2, 0.25) is 5.91 Å². The number of ether oxygens (including phenoxy) is 2. The Balaban J connectivity index is 1.62. The van der Waals surface area contributed by atoms with Crippen molar-refractivity contribution >= 4 is 17.7 Å². The van der Waals surface area contributed by atoms with Crippen LogP contribution in [0.15, 0.2) is 84.9 Å². The summed E-state index contributed by atoms with van der Waals surface area (Å²) in [5, 5.41) is 2.81. The molecule has 0 aliphatic rings. The van der Waals surface area contributed by atoms with Gasteiger partial charge in [0.25, 0.3) is 0 Å². The molecule has 4 nitrogen and oxygen atoms in total. The van der Waals surface area contributed by atoms with E-state index in [-0.39, 0.29) is 5.91 Å². The molecule has 1 N–H and O–H groups in total. The molecule has 4 heteroatoms. The predicted molar refractivity (Wildman–Crippen MR) is 104 cm³/mol. The van der Waals surface area contributed by atoms with Crippen LogP contribution in [0.5, 0.6) is 17.2 Å². The highest BCUT2D eigenvalue weighted by atomic mass is 16.5. The van der Waals surface area contributed by atoms with Crippen molar-refractivity contribution in [1.82, 2.24) is 0 Å². The first kappa shape index (κ1) is 17.3. The lowest BCUT2D eigenvalue weighted by Gasteiger charge is -2.06. The molecule has 0 atom stereocenters. The maximum atomic E-state index is 12.1. The third-order valence-electron chi connectivity index (χ3n) is 3.62. The average Bonchev–Trinajstić information content (AvgIpc) is 2.68. The SMILES string of the molecule is COc1ccc(NC(=O)/C=C\c2cccc(Oc3ccccc3)c2)cc1. The van der Waals surface area contributed by atoms with Gasteiger partial charge in [-0.1, -0.05) is 30.3 Å². The summed E-state index contributed by atoms with van der Waals surface area (Å²) in [7, 11) is 1.60. The molecule has 3 rings (SSSR count). The molecule has 0 radical (unpaired) electrons. The molecule has 0 aliphatic heterocycles. The molecule has 0 spiro atoms. The van der Waals surface area contributed by atoms with Gasteiger partial charge in [-0.3, -0.25) is 4.79 Å². The molecule has 0 saturated carbocycles. The fourth-order valence-electron chi connectivity index (χ4n) is 2.34.